The molecule has 3 rings (SSSR count). The third-order valence-electron chi connectivity index (χ3n) is 3.14. The third-order valence-corrected chi connectivity index (χ3v) is 3.14. The van der Waals surface area contributed by atoms with Crippen molar-refractivity contribution in [1.29, 1.82) is 0 Å². The number of aromatic nitrogens is 2. The topological polar surface area (TPSA) is 37.8 Å². The minimum atomic E-state index is 0.725. The Kier molecular flexibility index (Phi) is 2.52. The van der Waals surface area contributed by atoms with Gasteiger partial charge in [-0.25, -0.2) is 9.97 Å². The van der Waals surface area contributed by atoms with Crippen LogP contribution in [0.1, 0.15) is 18.1 Å². The van der Waals surface area contributed by atoms with Gasteiger partial charge in [-0.3, -0.25) is 0 Å². The largest absolute Gasteiger partial charge is 0.354 e. The molecule has 3 heteroatoms. The molecule has 17 heavy (non-hydrogen) atoms. The van der Waals surface area contributed by atoms with Gasteiger partial charge < -0.3 is 5.32 Å². The van der Waals surface area contributed by atoms with Gasteiger partial charge in [0.1, 0.15) is 0 Å². The molecule has 1 heterocycles. The predicted molar refractivity (Wildman–Crippen MR) is 69.0 cm³/mol. The number of benzene rings is 1. The highest BCUT2D eigenvalue weighted by molar-refractivity contribution is 5.69. The van der Waals surface area contributed by atoms with Gasteiger partial charge in [0, 0.05) is 18.3 Å². The van der Waals surface area contributed by atoms with E-state index in [1.54, 1.807) is 0 Å². The van der Waals surface area contributed by atoms with Crippen molar-refractivity contribution in [1.82, 2.24) is 9.97 Å². The number of nitrogens with zero attached hydrogens (tertiary/aromatic N) is 2. The summed E-state index contributed by atoms with van der Waals surface area (Å²) in [4.78, 5) is 8.95. The number of nitrogens with one attached hydrogen (secondary N) is 1. The quantitative estimate of drug-likeness (QED) is 0.853. The molecule has 0 unspecified atom stereocenters. The fourth-order valence-electron chi connectivity index (χ4n) is 2.30. The average molecular weight is 225 g/mol. The van der Waals surface area contributed by atoms with Crippen molar-refractivity contribution in [2.24, 2.45) is 0 Å². The van der Waals surface area contributed by atoms with E-state index in [-0.39, 0.29) is 0 Å². The van der Waals surface area contributed by atoms with Crippen LogP contribution in [0.4, 0.5) is 5.95 Å². The normalized spacial score (nSPS) is 12.8. The first-order chi connectivity index (χ1) is 8.38. The van der Waals surface area contributed by atoms with E-state index in [2.05, 4.69) is 46.5 Å². The molecular weight excluding hydrogens is 210 g/mol. The fourth-order valence-corrected chi connectivity index (χ4v) is 2.30. The summed E-state index contributed by atoms with van der Waals surface area (Å²) in [5.41, 5.74) is 5.00. The highest BCUT2D eigenvalue weighted by atomic mass is 15.1. The molecule has 1 aliphatic rings. The monoisotopic (exact) mass is 225 g/mol. The van der Waals surface area contributed by atoms with Crippen LogP contribution in [0, 0.1) is 0 Å². The number of anilines is 1. The summed E-state index contributed by atoms with van der Waals surface area (Å²) in [7, 11) is 0. The Balaban J connectivity index is 2.12. The van der Waals surface area contributed by atoms with E-state index < -0.39 is 0 Å². The zero-order valence-electron chi connectivity index (χ0n) is 9.90. The van der Waals surface area contributed by atoms with Crippen molar-refractivity contribution in [3.8, 4) is 11.3 Å². The van der Waals surface area contributed by atoms with Crippen LogP contribution in [-0.2, 0) is 12.8 Å². The van der Waals surface area contributed by atoms with E-state index in [0.29, 0.717) is 0 Å². The Morgan fingerprint density at radius 3 is 2.88 bits per heavy atom. The molecule has 0 fully saturated rings. The summed E-state index contributed by atoms with van der Waals surface area (Å²) in [5, 5.41) is 3.17. The van der Waals surface area contributed by atoms with Crippen molar-refractivity contribution in [2.45, 2.75) is 19.8 Å². The maximum absolute atomic E-state index is 4.62. The Hall–Kier alpha value is -1.90. The number of hydrogen-bond donors (Lipinski definition) is 1. The number of rotatable bonds is 2. The molecule has 0 aliphatic heterocycles. The van der Waals surface area contributed by atoms with E-state index >= 15 is 0 Å². The molecule has 1 N–H and O–H groups in total. The van der Waals surface area contributed by atoms with Crippen LogP contribution in [0.3, 0.4) is 0 Å². The first-order valence-corrected chi connectivity index (χ1v) is 6.06. The molecule has 0 spiro atoms. The molecule has 3 nitrogen and oxygen atoms in total. The van der Waals surface area contributed by atoms with Crippen LogP contribution in [0.15, 0.2) is 30.5 Å². The van der Waals surface area contributed by atoms with Gasteiger partial charge in [0.15, 0.2) is 0 Å². The minimum Gasteiger partial charge on any atom is -0.354 e. The van der Waals surface area contributed by atoms with Gasteiger partial charge in [-0.1, -0.05) is 24.3 Å². The van der Waals surface area contributed by atoms with Crippen LogP contribution in [0.5, 0.6) is 0 Å². The minimum absolute atomic E-state index is 0.725. The Morgan fingerprint density at radius 1 is 1.18 bits per heavy atom. The Labute approximate surface area is 101 Å². The summed E-state index contributed by atoms with van der Waals surface area (Å²) in [6, 6.07) is 8.50. The summed E-state index contributed by atoms with van der Waals surface area (Å²) < 4.78 is 0. The average Bonchev–Trinajstić information content (AvgIpc) is 2.39. The molecule has 1 aromatic carbocycles. The zero-order valence-corrected chi connectivity index (χ0v) is 9.90. The molecule has 0 saturated carbocycles. The summed E-state index contributed by atoms with van der Waals surface area (Å²) in [6.07, 6.45) is 4.09. The van der Waals surface area contributed by atoms with Crippen molar-refractivity contribution in [3.05, 3.63) is 41.6 Å². The zero-order chi connectivity index (χ0) is 11.7. The first kappa shape index (κ1) is 10.3. The van der Waals surface area contributed by atoms with E-state index in [4.69, 9.17) is 0 Å². The molecule has 0 saturated heterocycles. The predicted octanol–water partition coefficient (Wildman–Crippen LogP) is 2.67. The lowest BCUT2D eigenvalue weighted by molar-refractivity contribution is 0.909. The standard InChI is InChI=1S/C14H15N3/c1-2-15-14-16-9-11-8-7-10-5-3-4-6-12(10)13(11)17-14/h3-6,9H,2,7-8H2,1H3,(H,15,16,17). The molecule has 0 bridgehead atoms. The highest BCUT2D eigenvalue weighted by Crippen LogP contribution is 2.31. The smallest absolute Gasteiger partial charge is 0.223 e. The van der Waals surface area contributed by atoms with Crippen molar-refractivity contribution in [2.75, 3.05) is 11.9 Å². The Bertz CT molecular complexity index is 549. The van der Waals surface area contributed by atoms with Crippen LogP contribution in [0.25, 0.3) is 11.3 Å². The van der Waals surface area contributed by atoms with Gasteiger partial charge in [-0.05, 0) is 30.9 Å². The third kappa shape index (κ3) is 1.78. The summed E-state index contributed by atoms with van der Waals surface area (Å²) in [6.45, 7) is 2.90. The van der Waals surface area contributed by atoms with E-state index in [1.807, 2.05) is 6.20 Å². The lowest BCUT2D eigenvalue weighted by Crippen LogP contribution is -2.09. The highest BCUT2D eigenvalue weighted by Gasteiger charge is 2.17. The summed E-state index contributed by atoms with van der Waals surface area (Å²) in [5.74, 6) is 0.725. The second kappa shape index (κ2) is 4.17. The molecule has 0 atom stereocenters. The van der Waals surface area contributed by atoms with Gasteiger partial charge in [0.25, 0.3) is 0 Å². The maximum Gasteiger partial charge on any atom is 0.223 e. The lowest BCUT2D eigenvalue weighted by atomic mass is 9.90. The molecule has 0 amide bonds. The molecule has 2 aromatic rings. The van der Waals surface area contributed by atoms with E-state index in [1.165, 1.54) is 16.7 Å². The van der Waals surface area contributed by atoms with E-state index in [9.17, 15) is 0 Å². The van der Waals surface area contributed by atoms with Crippen LogP contribution >= 0.6 is 0 Å². The number of aryl methyl sites for hydroxylation is 2. The summed E-state index contributed by atoms with van der Waals surface area (Å²) >= 11 is 0. The maximum atomic E-state index is 4.62. The van der Waals surface area contributed by atoms with Crippen LogP contribution < -0.4 is 5.32 Å². The van der Waals surface area contributed by atoms with Gasteiger partial charge in [-0.2, -0.15) is 0 Å². The lowest BCUT2D eigenvalue weighted by Gasteiger charge is -2.18. The van der Waals surface area contributed by atoms with Crippen LogP contribution in [-0.4, -0.2) is 16.5 Å². The second-order valence-electron chi connectivity index (χ2n) is 4.25. The van der Waals surface area contributed by atoms with Gasteiger partial charge in [0.05, 0.1) is 5.69 Å². The first-order valence-electron chi connectivity index (χ1n) is 6.06. The molecule has 1 aliphatic carbocycles. The molecule has 86 valence electrons. The fraction of sp³-hybridized carbons (Fsp3) is 0.286. The molecular formula is C14H15N3. The van der Waals surface area contributed by atoms with Gasteiger partial charge in [0.2, 0.25) is 5.95 Å². The van der Waals surface area contributed by atoms with Crippen molar-refractivity contribution in [3.63, 3.8) is 0 Å². The molecule has 1 aromatic heterocycles. The van der Waals surface area contributed by atoms with Gasteiger partial charge >= 0.3 is 0 Å². The number of hydrogen-bond acceptors (Lipinski definition) is 3. The van der Waals surface area contributed by atoms with Crippen molar-refractivity contribution < 1.29 is 0 Å². The van der Waals surface area contributed by atoms with Crippen molar-refractivity contribution >= 4 is 5.95 Å². The van der Waals surface area contributed by atoms with Crippen LogP contribution in [0.2, 0.25) is 0 Å². The van der Waals surface area contributed by atoms with Gasteiger partial charge in [-0.15, -0.1) is 0 Å². The second-order valence-corrected chi connectivity index (χ2v) is 4.25. The molecule has 0 radical (unpaired) electrons. The Morgan fingerprint density at radius 2 is 2.00 bits per heavy atom. The number of fused-ring (bicyclic) bond motifs is 3. The van der Waals surface area contributed by atoms with E-state index in [0.717, 1.165) is 31.0 Å². The SMILES string of the molecule is CCNc1ncc2c(n1)-c1ccccc1CC2.